The third-order valence-electron chi connectivity index (χ3n) is 2.01. The van der Waals surface area contributed by atoms with E-state index >= 15 is 0 Å². The van der Waals surface area contributed by atoms with E-state index in [0.717, 1.165) is 0 Å². The van der Waals surface area contributed by atoms with E-state index in [1.807, 2.05) is 18.3 Å². The number of rotatable bonds is 0. The van der Waals surface area contributed by atoms with Gasteiger partial charge in [-0.2, -0.15) is 4.59 Å². The Balaban J connectivity index is 2.64. The Labute approximate surface area is 66.4 Å². The average Bonchev–Trinajstić information content (AvgIpc) is 2.29. The molecule has 0 saturated carbocycles. The second kappa shape index (κ2) is 1.92. The summed E-state index contributed by atoms with van der Waals surface area (Å²) in [4.78, 5) is 0. The van der Waals surface area contributed by atoms with Crippen molar-refractivity contribution in [3.63, 3.8) is 0 Å². The molecule has 1 heterocycles. The Morgan fingerprint density at radius 1 is 1.18 bits per heavy atom. The highest BCUT2D eigenvalue weighted by molar-refractivity contribution is 5.90. The normalized spacial score (nSPS) is 18.4. The molecule has 0 unspecified atom stereocenters. The number of para-hydroxylation sites is 1. The van der Waals surface area contributed by atoms with Crippen LogP contribution < -0.4 is 4.59 Å². The summed E-state index contributed by atoms with van der Waals surface area (Å²) < 4.78 is 0.621. The molecule has 0 atom stereocenters. The van der Waals surface area contributed by atoms with Crippen LogP contribution in [0.4, 0.5) is 5.69 Å². The molecular weight excluding hydrogens is 136 g/mol. The number of benzene rings is 1. The average molecular weight is 147 g/mol. The quantitative estimate of drug-likeness (QED) is 0.494. The third-order valence-corrected chi connectivity index (χ3v) is 2.01. The first-order valence-corrected chi connectivity index (χ1v) is 3.69. The van der Waals surface area contributed by atoms with Crippen molar-refractivity contribution in [2.75, 3.05) is 14.1 Å². The fourth-order valence-corrected chi connectivity index (χ4v) is 1.36. The van der Waals surface area contributed by atoms with Gasteiger partial charge in [0.05, 0.1) is 25.9 Å². The van der Waals surface area contributed by atoms with E-state index in [0.29, 0.717) is 4.59 Å². The molecule has 1 aliphatic rings. The zero-order chi connectivity index (χ0) is 7.90. The van der Waals surface area contributed by atoms with E-state index in [4.69, 9.17) is 0 Å². The van der Waals surface area contributed by atoms with Crippen LogP contribution in [0, 0.1) is 0 Å². The van der Waals surface area contributed by atoms with Gasteiger partial charge in [-0.15, -0.1) is 0 Å². The Kier molecular flexibility index (Phi) is 1.14. The lowest BCUT2D eigenvalue weighted by Gasteiger charge is -2.17. The SMILES string of the molecule is C[N+]1(C)N=Cc2ccccc21. The summed E-state index contributed by atoms with van der Waals surface area (Å²) in [7, 11) is 4.14. The van der Waals surface area contributed by atoms with Gasteiger partial charge in [0.25, 0.3) is 0 Å². The molecule has 2 nitrogen and oxygen atoms in total. The van der Waals surface area contributed by atoms with Gasteiger partial charge in [-0.1, -0.05) is 17.2 Å². The van der Waals surface area contributed by atoms with Gasteiger partial charge in [-0.05, 0) is 6.07 Å². The summed E-state index contributed by atoms with van der Waals surface area (Å²) in [6.07, 6.45) is 1.93. The number of quaternary nitrogens is 1. The first kappa shape index (κ1) is 6.55. The molecule has 2 rings (SSSR count). The summed E-state index contributed by atoms with van der Waals surface area (Å²) in [5, 5.41) is 4.35. The van der Waals surface area contributed by atoms with E-state index in [9.17, 15) is 0 Å². The number of fused-ring (bicyclic) bond motifs is 1. The van der Waals surface area contributed by atoms with E-state index in [1.54, 1.807) is 0 Å². The van der Waals surface area contributed by atoms with Crippen molar-refractivity contribution < 1.29 is 0 Å². The summed E-state index contributed by atoms with van der Waals surface area (Å²) >= 11 is 0. The summed E-state index contributed by atoms with van der Waals surface area (Å²) in [5.41, 5.74) is 2.50. The predicted octanol–water partition coefficient (Wildman–Crippen LogP) is 1.60. The molecule has 0 aromatic heterocycles. The fourth-order valence-electron chi connectivity index (χ4n) is 1.36. The second-order valence-corrected chi connectivity index (χ2v) is 3.20. The Morgan fingerprint density at radius 3 is 2.64 bits per heavy atom. The molecule has 1 aliphatic heterocycles. The Hall–Kier alpha value is -1.15. The lowest BCUT2D eigenvalue weighted by Crippen LogP contribution is -2.31. The van der Waals surface area contributed by atoms with Crippen molar-refractivity contribution >= 4 is 11.9 Å². The second-order valence-electron chi connectivity index (χ2n) is 3.20. The fraction of sp³-hybridized carbons (Fsp3) is 0.222. The molecule has 0 N–H and O–H groups in total. The predicted molar refractivity (Wildman–Crippen MR) is 47.7 cm³/mol. The van der Waals surface area contributed by atoms with Gasteiger partial charge >= 0.3 is 0 Å². The minimum absolute atomic E-state index is 0.621. The lowest BCUT2D eigenvalue weighted by molar-refractivity contribution is 0.435. The van der Waals surface area contributed by atoms with Crippen molar-refractivity contribution in [1.82, 2.24) is 4.59 Å². The zero-order valence-corrected chi connectivity index (χ0v) is 6.78. The molecule has 56 valence electrons. The molecule has 0 fully saturated rings. The van der Waals surface area contributed by atoms with Gasteiger partial charge in [-0.3, -0.25) is 0 Å². The van der Waals surface area contributed by atoms with Crippen LogP contribution in [0.3, 0.4) is 0 Å². The van der Waals surface area contributed by atoms with Crippen molar-refractivity contribution in [1.29, 1.82) is 0 Å². The highest BCUT2D eigenvalue weighted by atomic mass is 15.6. The molecule has 1 aromatic rings. The van der Waals surface area contributed by atoms with Crippen LogP contribution >= 0.6 is 0 Å². The minimum Gasteiger partial charge on any atom is -0.170 e. The number of hydrogen-bond donors (Lipinski definition) is 0. The molecule has 0 saturated heterocycles. The lowest BCUT2D eigenvalue weighted by atomic mass is 10.2. The van der Waals surface area contributed by atoms with Crippen LogP contribution in [0.25, 0.3) is 0 Å². The zero-order valence-electron chi connectivity index (χ0n) is 6.78. The molecule has 0 aliphatic carbocycles. The van der Waals surface area contributed by atoms with Gasteiger partial charge < -0.3 is 0 Å². The molecule has 11 heavy (non-hydrogen) atoms. The van der Waals surface area contributed by atoms with Gasteiger partial charge in [0.2, 0.25) is 0 Å². The van der Waals surface area contributed by atoms with E-state index in [1.165, 1.54) is 11.3 Å². The molecule has 2 heteroatoms. The first-order valence-electron chi connectivity index (χ1n) is 3.69. The first-order chi connectivity index (χ1) is 5.20. The van der Waals surface area contributed by atoms with Crippen LogP contribution in [-0.2, 0) is 0 Å². The summed E-state index contributed by atoms with van der Waals surface area (Å²) in [5.74, 6) is 0. The molecular formula is C9H11N2+. The monoisotopic (exact) mass is 147 g/mol. The molecule has 0 bridgehead atoms. The van der Waals surface area contributed by atoms with Crippen LogP contribution in [0.5, 0.6) is 0 Å². The van der Waals surface area contributed by atoms with E-state index in [2.05, 4.69) is 31.3 Å². The van der Waals surface area contributed by atoms with Crippen molar-refractivity contribution in [2.45, 2.75) is 0 Å². The van der Waals surface area contributed by atoms with Crippen LogP contribution in [0.2, 0.25) is 0 Å². The van der Waals surface area contributed by atoms with E-state index < -0.39 is 0 Å². The van der Waals surface area contributed by atoms with Crippen molar-refractivity contribution in [3.8, 4) is 0 Å². The van der Waals surface area contributed by atoms with Crippen LogP contribution in [0.1, 0.15) is 5.56 Å². The van der Waals surface area contributed by atoms with Crippen molar-refractivity contribution in [3.05, 3.63) is 29.8 Å². The maximum Gasteiger partial charge on any atom is 0.167 e. The maximum atomic E-state index is 4.35. The Morgan fingerprint density at radius 2 is 1.91 bits per heavy atom. The minimum atomic E-state index is 0.621. The van der Waals surface area contributed by atoms with Gasteiger partial charge in [-0.25, -0.2) is 0 Å². The summed E-state index contributed by atoms with van der Waals surface area (Å²) in [6, 6.07) is 8.29. The van der Waals surface area contributed by atoms with E-state index in [-0.39, 0.29) is 0 Å². The number of nitrogens with zero attached hydrogens (tertiary/aromatic N) is 2. The van der Waals surface area contributed by atoms with Crippen LogP contribution in [0.15, 0.2) is 29.4 Å². The molecule has 1 aromatic carbocycles. The van der Waals surface area contributed by atoms with Crippen LogP contribution in [-0.4, -0.2) is 20.3 Å². The molecule has 0 radical (unpaired) electrons. The van der Waals surface area contributed by atoms with Crippen molar-refractivity contribution in [2.24, 2.45) is 5.10 Å². The highest BCUT2D eigenvalue weighted by Crippen LogP contribution is 2.27. The summed E-state index contributed by atoms with van der Waals surface area (Å²) in [6.45, 7) is 0. The standard InChI is InChI=1S/C9H11N2/c1-11(2)9-6-4-3-5-8(9)7-10-11/h3-7H,1-2H3/q+1. The largest absolute Gasteiger partial charge is 0.170 e. The number of hydrogen-bond acceptors (Lipinski definition) is 1. The molecule has 0 amide bonds. The maximum absolute atomic E-state index is 4.35. The van der Waals surface area contributed by atoms with Gasteiger partial charge in [0, 0.05) is 6.07 Å². The topological polar surface area (TPSA) is 12.4 Å². The molecule has 0 spiro atoms. The van der Waals surface area contributed by atoms with Gasteiger partial charge in [0.15, 0.2) is 5.69 Å². The third kappa shape index (κ3) is 0.870. The highest BCUT2D eigenvalue weighted by Gasteiger charge is 2.26. The smallest absolute Gasteiger partial charge is 0.167 e. The van der Waals surface area contributed by atoms with Gasteiger partial charge in [0.1, 0.15) is 0 Å². The Bertz CT molecular complexity index is 313.